The average molecular weight is 374 g/mol. The van der Waals surface area contributed by atoms with Gasteiger partial charge in [-0.1, -0.05) is 20.8 Å². The molecular weight excluding hydrogens is 352 g/mol. The van der Waals surface area contributed by atoms with Gasteiger partial charge in [-0.05, 0) is 36.2 Å². The Bertz CT molecular complexity index is 1200. The fraction of sp³-hybridized carbons (Fsp3) is 0.273. The Balaban J connectivity index is 1.63. The molecule has 6 heteroatoms. The molecule has 4 rings (SSSR count). The zero-order valence-electron chi connectivity index (χ0n) is 16.1. The summed E-state index contributed by atoms with van der Waals surface area (Å²) in [6.45, 7) is 6.55. The molecule has 28 heavy (non-hydrogen) atoms. The third kappa shape index (κ3) is 3.45. The maximum Gasteiger partial charge on any atom is 0.253 e. The van der Waals surface area contributed by atoms with Crippen molar-refractivity contribution in [1.29, 1.82) is 0 Å². The summed E-state index contributed by atoms with van der Waals surface area (Å²) < 4.78 is 6.09. The molecule has 0 aliphatic rings. The van der Waals surface area contributed by atoms with Gasteiger partial charge >= 0.3 is 0 Å². The van der Waals surface area contributed by atoms with Crippen LogP contribution in [-0.2, 0) is 0 Å². The van der Waals surface area contributed by atoms with E-state index in [2.05, 4.69) is 39.8 Å². The summed E-state index contributed by atoms with van der Waals surface area (Å²) in [5, 5.41) is 1.90. The van der Waals surface area contributed by atoms with Gasteiger partial charge in [-0.2, -0.15) is 0 Å². The summed E-state index contributed by atoms with van der Waals surface area (Å²) >= 11 is 0. The molecule has 4 aromatic rings. The molecule has 0 aliphatic heterocycles. The maximum atomic E-state index is 12.5. The van der Waals surface area contributed by atoms with E-state index in [1.807, 2.05) is 37.4 Å². The highest BCUT2D eigenvalue weighted by Crippen LogP contribution is 2.29. The van der Waals surface area contributed by atoms with Crippen LogP contribution in [0.3, 0.4) is 0 Å². The monoisotopic (exact) mass is 374 g/mol. The number of ether oxygens (including phenoxy) is 1. The van der Waals surface area contributed by atoms with Crippen LogP contribution in [-0.4, -0.2) is 26.5 Å². The predicted molar refractivity (Wildman–Crippen MR) is 110 cm³/mol. The number of nitrogens with one attached hydrogen (secondary N) is 1. The van der Waals surface area contributed by atoms with Crippen LogP contribution in [0.2, 0.25) is 0 Å². The number of hydrogen-bond donors (Lipinski definition) is 1. The Morgan fingerprint density at radius 3 is 2.71 bits per heavy atom. The van der Waals surface area contributed by atoms with Crippen molar-refractivity contribution in [2.24, 2.45) is 0 Å². The van der Waals surface area contributed by atoms with Gasteiger partial charge in [0.1, 0.15) is 5.65 Å². The number of aromatic amines is 1. The van der Waals surface area contributed by atoms with Crippen molar-refractivity contribution < 1.29 is 4.74 Å². The van der Waals surface area contributed by atoms with Crippen molar-refractivity contribution in [2.75, 3.05) is 6.61 Å². The van der Waals surface area contributed by atoms with E-state index in [0.717, 1.165) is 21.9 Å². The van der Waals surface area contributed by atoms with Gasteiger partial charge < -0.3 is 9.72 Å². The van der Waals surface area contributed by atoms with Crippen LogP contribution in [0.5, 0.6) is 5.88 Å². The normalized spacial score (nSPS) is 12.6. The minimum absolute atomic E-state index is 0.0942. The van der Waals surface area contributed by atoms with Crippen molar-refractivity contribution in [3.8, 4) is 5.88 Å². The van der Waals surface area contributed by atoms with E-state index < -0.39 is 0 Å². The van der Waals surface area contributed by atoms with Crippen molar-refractivity contribution in [3.05, 3.63) is 70.4 Å². The first-order valence-electron chi connectivity index (χ1n) is 9.38. The summed E-state index contributed by atoms with van der Waals surface area (Å²) in [6, 6.07) is 9.63. The van der Waals surface area contributed by atoms with E-state index in [0.29, 0.717) is 23.7 Å². The fourth-order valence-corrected chi connectivity index (χ4v) is 3.26. The van der Waals surface area contributed by atoms with Crippen molar-refractivity contribution in [2.45, 2.75) is 32.6 Å². The van der Waals surface area contributed by atoms with Gasteiger partial charge in [-0.3, -0.25) is 9.78 Å². The highest BCUT2D eigenvalue weighted by molar-refractivity contribution is 5.79. The Labute approximate surface area is 162 Å². The molecule has 1 N–H and O–H groups in total. The minimum atomic E-state index is -0.135. The molecule has 0 radical (unpaired) electrons. The summed E-state index contributed by atoms with van der Waals surface area (Å²) in [5.41, 5.74) is 3.01. The van der Waals surface area contributed by atoms with Gasteiger partial charge in [0.15, 0.2) is 0 Å². The molecule has 0 fully saturated rings. The Morgan fingerprint density at radius 1 is 1.07 bits per heavy atom. The van der Waals surface area contributed by atoms with Gasteiger partial charge in [0.25, 0.3) is 5.56 Å². The molecule has 0 saturated heterocycles. The van der Waals surface area contributed by atoms with E-state index in [9.17, 15) is 4.79 Å². The molecule has 1 atom stereocenters. The average Bonchev–Trinajstić information content (AvgIpc) is 2.70. The lowest BCUT2D eigenvalue weighted by Crippen LogP contribution is -2.19. The van der Waals surface area contributed by atoms with E-state index in [4.69, 9.17) is 4.74 Å². The third-order valence-corrected chi connectivity index (χ3v) is 4.87. The number of H-pyrrole nitrogens is 1. The van der Waals surface area contributed by atoms with Crippen LogP contribution < -0.4 is 10.3 Å². The van der Waals surface area contributed by atoms with Gasteiger partial charge in [0, 0.05) is 46.4 Å². The van der Waals surface area contributed by atoms with Crippen molar-refractivity contribution in [3.63, 3.8) is 0 Å². The molecule has 1 unspecified atom stereocenters. The lowest BCUT2D eigenvalue weighted by molar-refractivity contribution is 0.281. The maximum absolute atomic E-state index is 12.5. The van der Waals surface area contributed by atoms with E-state index in [1.54, 1.807) is 12.4 Å². The molecule has 4 aromatic heterocycles. The largest absolute Gasteiger partial charge is 0.477 e. The molecule has 4 heterocycles. The quantitative estimate of drug-likeness (QED) is 0.567. The van der Waals surface area contributed by atoms with Crippen LogP contribution in [0.25, 0.3) is 21.9 Å². The van der Waals surface area contributed by atoms with Crippen LogP contribution >= 0.6 is 0 Å². The van der Waals surface area contributed by atoms with Gasteiger partial charge in [-0.15, -0.1) is 0 Å². The van der Waals surface area contributed by atoms with Crippen LogP contribution in [0.1, 0.15) is 43.7 Å². The molecular formula is C22H22N4O2. The molecule has 0 amide bonds. The summed E-state index contributed by atoms with van der Waals surface area (Å²) in [4.78, 5) is 28.3. The molecule has 0 saturated carbocycles. The zero-order chi connectivity index (χ0) is 19.7. The number of fused-ring (bicyclic) bond motifs is 2. The first-order chi connectivity index (χ1) is 13.5. The first kappa shape index (κ1) is 18.1. The third-order valence-electron chi connectivity index (χ3n) is 4.87. The molecule has 142 valence electrons. The number of hydrogen-bond acceptors (Lipinski definition) is 5. The highest BCUT2D eigenvalue weighted by atomic mass is 16.5. The van der Waals surface area contributed by atoms with Crippen molar-refractivity contribution >= 4 is 21.9 Å². The lowest BCUT2D eigenvalue weighted by Gasteiger charge is -2.17. The van der Waals surface area contributed by atoms with E-state index in [-0.39, 0.29) is 17.4 Å². The molecule has 6 nitrogen and oxygen atoms in total. The van der Waals surface area contributed by atoms with Gasteiger partial charge in [0.05, 0.1) is 12.1 Å². The summed E-state index contributed by atoms with van der Waals surface area (Å²) in [5.74, 6) is 0.778. The molecule has 0 spiro atoms. The fourth-order valence-electron chi connectivity index (χ4n) is 3.26. The Morgan fingerprint density at radius 2 is 1.89 bits per heavy atom. The minimum Gasteiger partial charge on any atom is -0.477 e. The Hall–Kier alpha value is -3.28. The van der Waals surface area contributed by atoms with E-state index in [1.165, 1.54) is 0 Å². The number of aromatic nitrogens is 4. The van der Waals surface area contributed by atoms with Gasteiger partial charge in [0.2, 0.25) is 5.88 Å². The van der Waals surface area contributed by atoms with Crippen LogP contribution in [0.4, 0.5) is 0 Å². The van der Waals surface area contributed by atoms with Crippen LogP contribution in [0, 0.1) is 0 Å². The molecule has 0 aromatic carbocycles. The predicted octanol–water partition coefficient (Wildman–Crippen LogP) is 4.17. The highest BCUT2D eigenvalue weighted by Gasteiger charge is 2.16. The summed E-state index contributed by atoms with van der Waals surface area (Å²) in [7, 11) is 0. The number of nitrogens with zero attached hydrogens (tertiary/aromatic N) is 3. The SMILES string of the molecule is CC(C)c1cc2cnccc2nc1OCC(C)c1cc2cccnc2[nH]c1=O. The zero-order valence-corrected chi connectivity index (χ0v) is 16.1. The summed E-state index contributed by atoms with van der Waals surface area (Å²) in [6.07, 6.45) is 5.20. The van der Waals surface area contributed by atoms with Crippen molar-refractivity contribution in [1.82, 2.24) is 19.9 Å². The number of rotatable bonds is 5. The van der Waals surface area contributed by atoms with E-state index >= 15 is 0 Å². The standard InChI is InChI=1S/C22H22N4O2/c1-13(2)17-10-16-11-23-8-6-19(16)25-22(17)28-12-14(3)18-9-15-5-4-7-24-20(15)26-21(18)27/h4-11,13-14H,12H2,1-3H3,(H,24,26,27). The molecule has 0 bridgehead atoms. The topological polar surface area (TPSA) is 80.8 Å². The first-order valence-corrected chi connectivity index (χ1v) is 9.38. The second-order valence-electron chi connectivity index (χ2n) is 7.31. The lowest BCUT2D eigenvalue weighted by atomic mass is 10.0. The Kier molecular flexibility index (Phi) is 4.77. The van der Waals surface area contributed by atoms with Gasteiger partial charge in [-0.25, -0.2) is 9.97 Å². The molecule has 0 aliphatic carbocycles. The number of pyridine rings is 4. The second-order valence-corrected chi connectivity index (χ2v) is 7.31. The smallest absolute Gasteiger partial charge is 0.253 e. The second kappa shape index (κ2) is 7.38. The van der Waals surface area contributed by atoms with Crippen LogP contribution in [0.15, 0.2) is 53.7 Å².